The molecule has 0 aliphatic rings. The molecule has 0 saturated carbocycles. The lowest BCUT2D eigenvalue weighted by Crippen LogP contribution is -1.93. The third-order valence-electron chi connectivity index (χ3n) is 2.65. The molecule has 2 heterocycles. The Labute approximate surface area is 104 Å². The molecule has 0 amide bonds. The molecular formula is C12H13N3OS. The van der Waals surface area contributed by atoms with Crippen molar-refractivity contribution >= 4 is 11.3 Å². The van der Waals surface area contributed by atoms with Crippen LogP contribution in [0.15, 0.2) is 15.3 Å². The van der Waals surface area contributed by atoms with Gasteiger partial charge in [-0.3, -0.25) is 0 Å². The first-order valence-electron chi connectivity index (χ1n) is 5.46. The smallest absolute Gasteiger partial charge is 0.229 e. The fourth-order valence-corrected chi connectivity index (χ4v) is 2.37. The molecule has 0 aromatic carbocycles. The molecule has 1 unspecified atom stereocenters. The van der Waals surface area contributed by atoms with Gasteiger partial charge in [0, 0.05) is 23.3 Å². The minimum absolute atomic E-state index is 0.134. The van der Waals surface area contributed by atoms with Gasteiger partial charge >= 0.3 is 0 Å². The van der Waals surface area contributed by atoms with Crippen LogP contribution in [0.5, 0.6) is 0 Å². The van der Waals surface area contributed by atoms with Gasteiger partial charge in [-0.15, -0.1) is 0 Å². The summed E-state index contributed by atoms with van der Waals surface area (Å²) in [6.45, 7) is 4.02. The Balaban J connectivity index is 2.17. The first-order chi connectivity index (χ1) is 8.22. The highest BCUT2D eigenvalue weighted by atomic mass is 32.1. The molecule has 0 aliphatic heterocycles. The number of thiophene rings is 1. The normalized spacial score (nSPS) is 12.3. The van der Waals surface area contributed by atoms with Gasteiger partial charge in [0.15, 0.2) is 0 Å². The third-order valence-corrected chi connectivity index (χ3v) is 3.51. The van der Waals surface area contributed by atoms with Crippen molar-refractivity contribution in [2.45, 2.75) is 32.6 Å². The summed E-state index contributed by atoms with van der Waals surface area (Å²) in [7, 11) is 0. The van der Waals surface area contributed by atoms with Crippen LogP contribution in [-0.4, -0.2) is 10.1 Å². The van der Waals surface area contributed by atoms with Crippen LogP contribution in [0.25, 0.3) is 11.4 Å². The standard InChI is InChI=1S/C12H13N3OS/c1-8(4-3-5-13)12-14-11(15-16-12)10-7-17-6-9(10)2/h6-8H,3-4H2,1-2H3. The van der Waals surface area contributed by atoms with E-state index in [0.717, 1.165) is 17.5 Å². The van der Waals surface area contributed by atoms with Crippen LogP contribution in [0.3, 0.4) is 0 Å². The van der Waals surface area contributed by atoms with Crippen molar-refractivity contribution in [1.82, 2.24) is 10.1 Å². The summed E-state index contributed by atoms with van der Waals surface area (Å²) in [6.07, 6.45) is 1.26. The van der Waals surface area contributed by atoms with E-state index < -0.39 is 0 Å². The Bertz CT molecular complexity index is 538. The van der Waals surface area contributed by atoms with Crippen molar-refractivity contribution in [3.63, 3.8) is 0 Å². The van der Waals surface area contributed by atoms with Gasteiger partial charge in [-0.05, 0) is 24.3 Å². The molecular weight excluding hydrogens is 234 g/mol. The topological polar surface area (TPSA) is 62.7 Å². The van der Waals surface area contributed by atoms with Gasteiger partial charge in [0.25, 0.3) is 0 Å². The van der Waals surface area contributed by atoms with Crippen LogP contribution in [0.2, 0.25) is 0 Å². The molecule has 1 atom stereocenters. The molecule has 4 nitrogen and oxygen atoms in total. The number of nitrogens with zero attached hydrogens (tertiary/aromatic N) is 3. The van der Waals surface area contributed by atoms with Gasteiger partial charge < -0.3 is 4.52 Å². The summed E-state index contributed by atoms with van der Waals surface area (Å²) < 4.78 is 5.24. The van der Waals surface area contributed by atoms with E-state index in [-0.39, 0.29) is 5.92 Å². The van der Waals surface area contributed by atoms with Crippen LogP contribution in [0, 0.1) is 18.3 Å². The lowest BCUT2D eigenvalue weighted by molar-refractivity contribution is 0.355. The highest BCUT2D eigenvalue weighted by molar-refractivity contribution is 7.08. The lowest BCUT2D eigenvalue weighted by Gasteiger charge is -2.00. The van der Waals surface area contributed by atoms with Crippen molar-refractivity contribution < 1.29 is 4.52 Å². The Hall–Kier alpha value is -1.67. The van der Waals surface area contributed by atoms with E-state index in [0.29, 0.717) is 18.1 Å². The Kier molecular flexibility index (Phi) is 3.55. The van der Waals surface area contributed by atoms with Crippen molar-refractivity contribution in [3.8, 4) is 17.5 Å². The Morgan fingerprint density at radius 1 is 1.53 bits per heavy atom. The van der Waals surface area contributed by atoms with Gasteiger partial charge in [-0.1, -0.05) is 12.1 Å². The zero-order valence-electron chi connectivity index (χ0n) is 9.80. The van der Waals surface area contributed by atoms with Gasteiger partial charge in [0.2, 0.25) is 11.7 Å². The molecule has 2 aromatic heterocycles. The van der Waals surface area contributed by atoms with Crippen molar-refractivity contribution in [2.24, 2.45) is 0 Å². The fraction of sp³-hybridized carbons (Fsp3) is 0.417. The fourth-order valence-electron chi connectivity index (χ4n) is 1.54. The van der Waals surface area contributed by atoms with E-state index in [1.54, 1.807) is 11.3 Å². The molecule has 2 aromatic rings. The van der Waals surface area contributed by atoms with E-state index in [2.05, 4.69) is 21.6 Å². The molecule has 0 radical (unpaired) electrons. The number of aromatic nitrogens is 2. The number of hydrogen-bond acceptors (Lipinski definition) is 5. The van der Waals surface area contributed by atoms with Crippen LogP contribution < -0.4 is 0 Å². The predicted molar refractivity (Wildman–Crippen MR) is 65.6 cm³/mol. The van der Waals surface area contributed by atoms with Gasteiger partial charge in [-0.25, -0.2) is 0 Å². The molecule has 17 heavy (non-hydrogen) atoms. The highest BCUT2D eigenvalue weighted by Crippen LogP contribution is 2.26. The minimum atomic E-state index is 0.134. The highest BCUT2D eigenvalue weighted by Gasteiger charge is 2.16. The summed E-state index contributed by atoms with van der Waals surface area (Å²) >= 11 is 1.63. The summed E-state index contributed by atoms with van der Waals surface area (Å²) in [6, 6.07) is 2.12. The second-order valence-electron chi connectivity index (χ2n) is 4.02. The number of rotatable bonds is 4. The van der Waals surface area contributed by atoms with Crippen LogP contribution >= 0.6 is 11.3 Å². The SMILES string of the molecule is Cc1cscc1-c1noc(C(C)CCC#N)n1. The van der Waals surface area contributed by atoms with Crippen molar-refractivity contribution in [3.05, 3.63) is 22.2 Å². The van der Waals surface area contributed by atoms with Crippen LogP contribution in [0.4, 0.5) is 0 Å². The molecule has 0 spiro atoms. The zero-order chi connectivity index (χ0) is 12.3. The van der Waals surface area contributed by atoms with E-state index in [9.17, 15) is 0 Å². The van der Waals surface area contributed by atoms with E-state index in [4.69, 9.17) is 9.78 Å². The first kappa shape index (κ1) is 11.8. The second-order valence-corrected chi connectivity index (χ2v) is 4.77. The predicted octanol–water partition coefficient (Wildman–Crippen LogP) is 3.51. The largest absolute Gasteiger partial charge is 0.339 e. The second kappa shape index (κ2) is 5.11. The molecule has 2 rings (SSSR count). The number of nitriles is 1. The van der Waals surface area contributed by atoms with Crippen LogP contribution in [-0.2, 0) is 0 Å². The van der Waals surface area contributed by atoms with Gasteiger partial charge in [0.1, 0.15) is 0 Å². The molecule has 0 fully saturated rings. The van der Waals surface area contributed by atoms with Crippen molar-refractivity contribution in [1.29, 1.82) is 5.26 Å². The molecule has 88 valence electrons. The Morgan fingerprint density at radius 2 is 2.35 bits per heavy atom. The summed E-state index contributed by atoms with van der Waals surface area (Å²) in [4.78, 5) is 4.39. The van der Waals surface area contributed by atoms with Crippen LogP contribution in [0.1, 0.15) is 37.1 Å². The average Bonchev–Trinajstić information content (AvgIpc) is 2.93. The molecule has 0 saturated heterocycles. The molecule has 0 bridgehead atoms. The average molecular weight is 247 g/mol. The molecule has 0 aliphatic carbocycles. The Morgan fingerprint density at radius 3 is 3.00 bits per heavy atom. The maximum absolute atomic E-state index is 8.54. The summed E-state index contributed by atoms with van der Waals surface area (Å²) in [5.74, 6) is 1.39. The van der Waals surface area contributed by atoms with E-state index in [1.165, 1.54) is 0 Å². The number of aryl methyl sites for hydroxylation is 1. The number of hydrogen-bond donors (Lipinski definition) is 0. The quantitative estimate of drug-likeness (QED) is 0.829. The monoisotopic (exact) mass is 247 g/mol. The van der Waals surface area contributed by atoms with E-state index >= 15 is 0 Å². The lowest BCUT2D eigenvalue weighted by atomic mass is 10.1. The van der Waals surface area contributed by atoms with Crippen molar-refractivity contribution in [2.75, 3.05) is 0 Å². The molecule has 5 heteroatoms. The summed E-state index contributed by atoms with van der Waals surface area (Å²) in [5, 5.41) is 16.6. The third kappa shape index (κ3) is 2.53. The van der Waals surface area contributed by atoms with Gasteiger partial charge in [0.05, 0.1) is 6.07 Å². The minimum Gasteiger partial charge on any atom is -0.339 e. The maximum atomic E-state index is 8.54. The molecule has 0 N–H and O–H groups in total. The van der Waals surface area contributed by atoms with Gasteiger partial charge in [-0.2, -0.15) is 21.6 Å². The maximum Gasteiger partial charge on any atom is 0.229 e. The summed E-state index contributed by atoms with van der Waals surface area (Å²) in [5.41, 5.74) is 2.18. The van der Waals surface area contributed by atoms with E-state index in [1.807, 2.05) is 19.2 Å². The zero-order valence-corrected chi connectivity index (χ0v) is 10.6. The first-order valence-corrected chi connectivity index (χ1v) is 6.40.